The van der Waals surface area contributed by atoms with E-state index in [0.29, 0.717) is 10.9 Å². The Balaban J connectivity index is 3.82. The Hall–Kier alpha value is -0.240. The van der Waals surface area contributed by atoms with Gasteiger partial charge in [0, 0.05) is 6.42 Å². The lowest BCUT2D eigenvalue weighted by Gasteiger charge is -2.45. The number of unbranched alkanes of at least 4 members (excludes halogenated alkanes) is 24. The lowest BCUT2D eigenvalue weighted by atomic mass is 10.0. The van der Waals surface area contributed by atoms with Crippen molar-refractivity contribution in [2.45, 2.75) is 206 Å². The van der Waals surface area contributed by atoms with E-state index in [2.05, 4.69) is 47.1 Å². The molecule has 0 aliphatic carbocycles. The molecule has 0 aromatic carbocycles. The number of aliphatic hydroxyl groups excluding tert-OH is 1. The largest absolute Gasteiger partial charge is 0.471 e. The Labute approximate surface area is 273 Å². The lowest BCUT2D eigenvalue weighted by Crippen LogP contribution is -2.51. The van der Waals surface area contributed by atoms with Crippen LogP contribution in [-0.2, 0) is 4.79 Å². The highest BCUT2D eigenvalue weighted by atomic mass is 31.1. The minimum atomic E-state index is -0.829. The fourth-order valence-corrected chi connectivity index (χ4v) is 7.51. The molecule has 0 amide bonds. The number of carbonyl (C=O) groups excluding carboxylic acids is 1. The highest BCUT2D eigenvalue weighted by Crippen LogP contribution is 2.30. The third-order valence-electron chi connectivity index (χ3n) is 8.92. The van der Waals surface area contributed by atoms with Crippen LogP contribution in [0.15, 0.2) is 12.2 Å². The number of likely N-dealkylation sites (N-methyl/N-ethyl adjacent to an activating group) is 1. The smallest absolute Gasteiger partial charge is 0.164 e. The Morgan fingerprint density at radius 1 is 0.558 bits per heavy atom. The van der Waals surface area contributed by atoms with E-state index >= 15 is 0 Å². The van der Waals surface area contributed by atoms with E-state index in [-0.39, 0.29) is 11.6 Å². The minimum absolute atomic E-state index is 0.0161. The monoisotopic (exact) mass is 624 g/mol. The average Bonchev–Trinajstić information content (AvgIpc) is 2.97. The molecule has 0 aliphatic rings. The number of carbonyl (C=O) groups is 1. The Kier molecular flexibility index (Phi) is 31.6. The normalized spacial score (nSPS) is 13.9. The van der Waals surface area contributed by atoms with Crippen molar-refractivity contribution in [3.05, 3.63) is 12.2 Å². The van der Waals surface area contributed by atoms with Gasteiger partial charge in [0.2, 0.25) is 0 Å². The number of allylic oxidation sites excluding steroid dienone is 2. The molecule has 4 heteroatoms. The summed E-state index contributed by atoms with van der Waals surface area (Å²) in [7, 11) is 7.61. The van der Waals surface area contributed by atoms with Crippen LogP contribution in [0.4, 0.5) is 0 Å². The van der Waals surface area contributed by atoms with E-state index in [0.717, 1.165) is 19.0 Å². The summed E-state index contributed by atoms with van der Waals surface area (Å²) in [6.07, 6.45) is 41.3. The van der Waals surface area contributed by atoms with Gasteiger partial charge in [0.15, 0.2) is 5.78 Å². The Bertz CT molecular complexity index is 615. The molecule has 0 aromatic heterocycles. The second kappa shape index (κ2) is 31.7. The minimum Gasteiger partial charge on any atom is -0.471 e. The molecule has 2 unspecified atom stereocenters. The molecule has 3 nitrogen and oxygen atoms in total. The molecule has 0 fully saturated rings. The summed E-state index contributed by atoms with van der Waals surface area (Å²) in [5, 5.41) is 11.0. The molecule has 0 saturated heterocycles. The molecule has 0 bridgehead atoms. The van der Waals surface area contributed by atoms with Crippen molar-refractivity contribution in [1.29, 1.82) is 0 Å². The van der Waals surface area contributed by atoms with Crippen molar-refractivity contribution in [3.8, 4) is 0 Å². The van der Waals surface area contributed by atoms with Crippen LogP contribution in [0, 0.1) is 0 Å². The molecular formula is C39H78NO2P. The highest BCUT2D eigenvalue weighted by molar-refractivity contribution is 7.38. The van der Waals surface area contributed by atoms with Crippen molar-refractivity contribution >= 4 is 14.4 Å². The van der Waals surface area contributed by atoms with Crippen LogP contribution in [0.5, 0.6) is 0 Å². The number of rotatable bonds is 34. The maximum Gasteiger partial charge on any atom is 0.164 e. The lowest BCUT2D eigenvalue weighted by molar-refractivity contribution is -0.883. The molecule has 256 valence electrons. The van der Waals surface area contributed by atoms with Crippen LogP contribution in [0.1, 0.15) is 194 Å². The molecule has 0 heterocycles. The topological polar surface area (TPSA) is 37.3 Å². The summed E-state index contributed by atoms with van der Waals surface area (Å²) >= 11 is 0. The number of hydrogen-bond donors (Lipinski definition) is 1. The second-order valence-electron chi connectivity index (χ2n) is 14.3. The Morgan fingerprint density at radius 3 is 1.30 bits per heavy atom. The van der Waals surface area contributed by atoms with E-state index in [1.807, 2.05) is 0 Å². The molecule has 43 heavy (non-hydrogen) atoms. The van der Waals surface area contributed by atoms with Gasteiger partial charge in [-0.05, 0) is 37.9 Å². The first-order valence-corrected chi connectivity index (χ1v) is 20.3. The Morgan fingerprint density at radius 2 is 0.907 bits per heavy atom. The predicted molar refractivity (Wildman–Crippen MR) is 194 cm³/mol. The van der Waals surface area contributed by atoms with Gasteiger partial charge in [-0.15, -0.1) is 0 Å². The first-order chi connectivity index (χ1) is 20.8. The second-order valence-corrected chi connectivity index (χ2v) is 15.6. The summed E-state index contributed by atoms with van der Waals surface area (Å²) in [6, 6.07) is 0. The molecule has 0 rings (SSSR count). The van der Waals surface area contributed by atoms with Crippen LogP contribution < -0.4 is 0 Å². The van der Waals surface area contributed by atoms with Gasteiger partial charge < -0.3 is 18.2 Å². The number of aliphatic hydroxyl groups is 1. The molecular weight excluding hydrogens is 545 g/mol. The summed E-state index contributed by atoms with van der Waals surface area (Å²) in [4.78, 5) is 12.9. The summed E-state index contributed by atoms with van der Waals surface area (Å²) in [6.45, 7) is 4.56. The van der Waals surface area contributed by atoms with Gasteiger partial charge in [-0.2, -0.15) is 6.16 Å². The molecule has 0 aromatic rings. The van der Waals surface area contributed by atoms with E-state index in [9.17, 15) is 9.90 Å². The van der Waals surface area contributed by atoms with Gasteiger partial charge in [0.25, 0.3) is 0 Å². The van der Waals surface area contributed by atoms with E-state index < -0.39 is 6.10 Å². The van der Waals surface area contributed by atoms with Gasteiger partial charge in [-0.3, -0.25) is 4.79 Å². The van der Waals surface area contributed by atoms with Crippen LogP contribution in [0.2, 0.25) is 0 Å². The molecule has 0 saturated carbocycles. The van der Waals surface area contributed by atoms with Crippen LogP contribution in [-0.4, -0.2) is 54.6 Å². The van der Waals surface area contributed by atoms with E-state index in [1.165, 1.54) is 169 Å². The number of hydrogen-bond acceptors (Lipinski definition) is 2. The standard InChI is InChI=1S/C39H78NO2P/c1-6-8-10-12-14-16-18-20-22-23-25-27-29-31-33-35-37(41)38(42)39(40(3,4)5)43-36-34-32-30-28-26-24-21-19-17-15-13-11-9-7-2/h20,22,38-39,42H,6-19,21,23-36H2,1-5H3/b22-20-. The van der Waals surface area contributed by atoms with Crippen molar-refractivity contribution in [2.24, 2.45) is 0 Å². The summed E-state index contributed by atoms with van der Waals surface area (Å²) in [5.74, 6) is 0.0433. The van der Waals surface area contributed by atoms with E-state index in [4.69, 9.17) is 0 Å². The first kappa shape index (κ1) is 42.8. The molecule has 1 N–H and O–H groups in total. The van der Waals surface area contributed by atoms with Gasteiger partial charge in [-0.25, -0.2) is 0 Å². The molecule has 0 spiro atoms. The van der Waals surface area contributed by atoms with Gasteiger partial charge in [-0.1, -0.05) is 167 Å². The maximum atomic E-state index is 12.9. The van der Waals surface area contributed by atoms with Gasteiger partial charge in [0.05, 0.1) is 21.1 Å². The third kappa shape index (κ3) is 28.9. The quantitative estimate of drug-likeness (QED) is 0.0335. The number of nitrogens with zero attached hydrogens (tertiary/aromatic N) is 1. The zero-order valence-corrected chi connectivity index (χ0v) is 31.0. The predicted octanol–water partition coefficient (Wildman–Crippen LogP) is 12.4. The molecule has 2 atom stereocenters. The zero-order chi connectivity index (χ0) is 31.9. The van der Waals surface area contributed by atoms with Crippen molar-refractivity contribution < 1.29 is 14.4 Å². The maximum absolute atomic E-state index is 12.9. The van der Waals surface area contributed by atoms with Gasteiger partial charge >= 0.3 is 0 Å². The van der Waals surface area contributed by atoms with E-state index in [1.54, 1.807) is 0 Å². The summed E-state index contributed by atoms with van der Waals surface area (Å²) in [5.41, 5.74) is 0. The van der Waals surface area contributed by atoms with Crippen LogP contribution in [0.25, 0.3) is 0 Å². The average molecular weight is 624 g/mol. The summed E-state index contributed by atoms with van der Waals surface area (Å²) < 4.78 is 0.652. The molecule has 0 aliphatic heterocycles. The fraction of sp³-hybridized carbons (Fsp3) is 0.923. The highest BCUT2D eigenvalue weighted by Gasteiger charge is 2.27. The van der Waals surface area contributed by atoms with Crippen LogP contribution >= 0.6 is 8.58 Å². The van der Waals surface area contributed by atoms with Gasteiger partial charge in [0.1, 0.15) is 6.10 Å². The SMILES string of the molecule is CCCCCCCC/C=C\CCCCCCCC(=O)C(O)C([P-]CCCCCCCCCCCCCCCC)[N+](C)(C)C. The fourth-order valence-electron chi connectivity index (χ4n) is 5.98. The zero-order valence-electron chi connectivity index (χ0n) is 30.1. The first-order valence-electron chi connectivity index (χ1n) is 19.2. The number of Topliss-reactive ketones (excluding diaryl/α,β-unsaturated/α-hetero) is 1. The number of ketones is 1. The van der Waals surface area contributed by atoms with Crippen LogP contribution in [0.3, 0.4) is 0 Å². The van der Waals surface area contributed by atoms with Crippen molar-refractivity contribution in [3.63, 3.8) is 0 Å². The van der Waals surface area contributed by atoms with Crippen molar-refractivity contribution in [2.75, 3.05) is 27.3 Å². The number of quaternary nitrogens is 1. The third-order valence-corrected chi connectivity index (χ3v) is 10.8. The molecule has 0 radical (unpaired) electrons. The van der Waals surface area contributed by atoms with Crippen molar-refractivity contribution in [1.82, 2.24) is 0 Å².